The van der Waals surface area contributed by atoms with Gasteiger partial charge in [-0.2, -0.15) is 0 Å². The Morgan fingerprint density at radius 3 is 2.19 bits per heavy atom. The quantitative estimate of drug-likeness (QED) is 0.603. The molecule has 0 radical (unpaired) electrons. The van der Waals surface area contributed by atoms with E-state index in [0.717, 1.165) is 30.5 Å². The van der Waals surface area contributed by atoms with Crippen molar-refractivity contribution in [1.29, 1.82) is 0 Å². The van der Waals surface area contributed by atoms with E-state index in [1.54, 1.807) is 7.11 Å². The molecule has 0 bridgehead atoms. The van der Waals surface area contributed by atoms with Crippen LogP contribution >= 0.6 is 47.8 Å². The third-order valence-electron chi connectivity index (χ3n) is 2.89. The molecule has 2 aromatic rings. The second-order valence-corrected chi connectivity index (χ2v) is 7.11. The molecule has 1 unspecified atom stereocenters. The number of ether oxygens (including phenoxy) is 2. The van der Waals surface area contributed by atoms with E-state index in [1.807, 2.05) is 37.3 Å². The van der Waals surface area contributed by atoms with Gasteiger partial charge in [0.2, 0.25) is 0 Å². The zero-order valence-electron chi connectivity index (χ0n) is 11.5. The molecule has 3 nitrogen and oxygen atoms in total. The third-order valence-corrected chi connectivity index (χ3v) is 4.63. The molecule has 6 heteroatoms. The minimum atomic E-state index is -0.117. The fraction of sp³-hybridized carbons (Fsp3) is 0.200. The van der Waals surface area contributed by atoms with Crippen LogP contribution in [0.2, 0.25) is 0 Å². The van der Waals surface area contributed by atoms with Crippen LogP contribution in [0.15, 0.2) is 43.7 Å². The van der Waals surface area contributed by atoms with Gasteiger partial charge >= 0.3 is 0 Å². The highest BCUT2D eigenvalue weighted by Gasteiger charge is 2.13. The molecule has 21 heavy (non-hydrogen) atoms. The standard InChI is InChI=1S/C15H14Br3NO2/c1-8(19)10-4-3-9(16)5-13(10)21-15-7-11(17)14(20-2)6-12(15)18/h3-8H,19H2,1-2H3. The van der Waals surface area contributed by atoms with Crippen molar-refractivity contribution in [3.05, 3.63) is 49.3 Å². The van der Waals surface area contributed by atoms with E-state index in [0.29, 0.717) is 5.75 Å². The highest BCUT2D eigenvalue weighted by Crippen LogP contribution is 2.40. The highest BCUT2D eigenvalue weighted by atomic mass is 79.9. The first-order valence-corrected chi connectivity index (χ1v) is 8.56. The van der Waals surface area contributed by atoms with Crippen molar-refractivity contribution in [2.45, 2.75) is 13.0 Å². The maximum Gasteiger partial charge on any atom is 0.143 e. The number of methoxy groups -OCH3 is 1. The van der Waals surface area contributed by atoms with Crippen LogP contribution in [0.4, 0.5) is 0 Å². The minimum absolute atomic E-state index is 0.117. The average molecular weight is 480 g/mol. The van der Waals surface area contributed by atoms with Gasteiger partial charge in [0.05, 0.1) is 16.1 Å². The average Bonchev–Trinajstić information content (AvgIpc) is 2.42. The van der Waals surface area contributed by atoms with Gasteiger partial charge in [0.25, 0.3) is 0 Å². The summed E-state index contributed by atoms with van der Waals surface area (Å²) in [4.78, 5) is 0. The second kappa shape index (κ2) is 7.13. The van der Waals surface area contributed by atoms with Gasteiger partial charge in [-0.15, -0.1) is 0 Å². The molecular formula is C15H14Br3NO2. The van der Waals surface area contributed by atoms with Crippen molar-refractivity contribution in [2.75, 3.05) is 7.11 Å². The van der Waals surface area contributed by atoms with Gasteiger partial charge < -0.3 is 15.2 Å². The molecule has 0 heterocycles. The molecule has 0 aliphatic rings. The minimum Gasteiger partial charge on any atom is -0.496 e. The molecule has 2 N–H and O–H groups in total. The van der Waals surface area contributed by atoms with Crippen LogP contribution < -0.4 is 15.2 Å². The first-order chi connectivity index (χ1) is 9.92. The lowest BCUT2D eigenvalue weighted by Gasteiger charge is -2.16. The SMILES string of the molecule is COc1cc(Br)c(Oc2cc(Br)ccc2C(C)N)cc1Br. The number of rotatable bonds is 4. The Labute approximate surface area is 149 Å². The predicted octanol–water partition coefficient (Wildman–Crippen LogP) is 5.79. The fourth-order valence-electron chi connectivity index (χ4n) is 1.84. The Bertz CT molecular complexity index is 660. The lowest BCUT2D eigenvalue weighted by Crippen LogP contribution is -2.06. The monoisotopic (exact) mass is 477 g/mol. The summed E-state index contributed by atoms with van der Waals surface area (Å²) < 4.78 is 13.8. The van der Waals surface area contributed by atoms with Gasteiger partial charge in [0.1, 0.15) is 17.2 Å². The van der Waals surface area contributed by atoms with Crippen LogP contribution in [0.25, 0.3) is 0 Å². The Balaban J connectivity index is 2.43. The Kier molecular flexibility index (Phi) is 5.71. The molecule has 0 saturated heterocycles. The number of nitrogens with two attached hydrogens (primary N) is 1. The first-order valence-electron chi connectivity index (χ1n) is 6.18. The number of hydrogen-bond donors (Lipinski definition) is 1. The smallest absolute Gasteiger partial charge is 0.143 e. The molecule has 2 rings (SSSR count). The maximum absolute atomic E-state index is 6.02. The lowest BCUT2D eigenvalue weighted by atomic mass is 10.1. The molecule has 0 aliphatic heterocycles. The van der Waals surface area contributed by atoms with Crippen molar-refractivity contribution in [2.24, 2.45) is 5.73 Å². The second-order valence-electron chi connectivity index (χ2n) is 4.49. The lowest BCUT2D eigenvalue weighted by molar-refractivity contribution is 0.409. The predicted molar refractivity (Wildman–Crippen MR) is 95.2 cm³/mol. The van der Waals surface area contributed by atoms with Crippen LogP contribution in [-0.2, 0) is 0 Å². The molecule has 0 aromatic heterocycles. The van der Waals surface area contributed by atoms with Crippen LogP contribution in [0.1, 0.15) is 18.5 Å². The van der Waals surface area contributed by atoms with Gasteiger partial charge in [-0.3, -0.25) is 0 Å². The van der Waals surface area contributed by atoms with E-state index in [1.165, 1.54) is 0 Å². The van der Waals surface area contributed by atoms with E-state index in [4.69, 9.17) is 15.2 Å². The Morgan fingerprint density at radius 1 is 0.952 bits per heavy atom. The summed E-state index contributed by atoms with van der Waals surface area (Å²) in [6.45, 7) is 1.93. The van der Waals surface area contributed by atoms with E-state index in [2.05, 4.69) is 47.8 Å². The van der Waals surface area contributed by atoms with Gasteiger partial charge in [-0.05, 0) is 63.0 Å². The highest BCUT2D eigenvalue weighted by molar-refractivity contribution is 9.11. The first kappa shape index (κ1) is 16.8. The summed E-state index contributed by atoms with van der Waals surface area (Å²) in [6.07, 6.45) is 0. The third kappa shape index (κ3) is 4.00. The Hall–Kier alpha value is -0.560. The van der Waals surface area contributed by atoms with Crippen molar-refractivity contribution in [3.8, 4) is 17.2 Å². The summed E-state index contributed by atoms with van der Waals surface area (Å²) in [5.41, 5.74) is 6.94. The van der Waals surface area contributed by atoms with Gasteiger partial charge in [-0.1, -0.05) is 22.0 Å². The van der Waals surface area contributed by atoms with E-state index in [-0.39, 0.29) is 6.04 Å². The molecule has 0 amide bonds. The zero-order valence-corrected chi connectivity index (χ0v) is 16.2. The Morgan fingerprint density at radius 2 is 1.57 bits per heavy atom. The molecular weight excluding hydrogens is 466 g/mol. The summed E-state index contributed by atoms with van der Waals surface area (Å²) in [7, 11) is 1.62. The number of hydrogen-bond acceptors (Lipinski definition) is 3. The molecule has 1 atom stereocenters. The summed E-state index contributed by atoms with van der Waals surface area (Å²) in [5, 5.41) is 0. The summed E-state index contributed by atoms with van der Waals surface area (Å²) in [5.74, 6) is 2.13. The van der Waals surface area contributed by atoms with Crippen molar-refractivity contribution in [3.63, 3.8) is 0 Å². The van der Waals surface area contributed by atoms with Crippen LogP contribution in [-0.4, -0.2) is 7.11 Å². The van der Waals surface area contributed by atoms with E-state index >= 15 is 0 Å². The van der Waals surface area contributed by atoms with E-state index in [9.17, 15) is 0 Å². The van der Waals surface area contributed by atoms with E-state index < -0.39 is 0 Å². The largest absolute Gasteiger partial charge is 0.496 e. The summed E-state index contributed by atoms with van der Waals surface area (Å²) in [6, 6.07) is 9.40. The molecule has 2 aromatic carbocycles. The number of benzene rings is 2. The van der Waals surface area contributed by atoms with Gasteiger partial charge in [-0.25, -0.2) is 0 Å². The fourth-order valence-corrected chi connectivity index (χ4v) is 3.06. The van der Waals surface area contributed by atoms with Crippen LogP contribution in [0.3, 0.4) is 0 Å². The zero-order chi connectivity index (χ0) is 15.6. The van der Waals surface area contributed by atoms with Crippen LogP contribution in [0, 0.1) is 0 Å². The topological polar surface area (TPSA) is 44.5 Å². The molecule has 0 fully saturated rings. The molecule has 0 aliphatic carbocycles. The molecule has 0 spiro atoms. The van der Waals surface area contributed by atoms with Crippen molar-refractivity contribution in [1.82, 2.24) is 0 Å². The van der Waals surface area contributed by atoms with Crippen molar-refractivity contribution >= 4 is 47.8 Å². The normalized spacial score (nSPS) is 12.1. The van der Waals surface area contributed by atoms with Crippen LogP contribution in [0.5, 0.6) is 17.2 Å². The molecule has 0 saturated carbocycles. The van der Waals surface area contributed by atoms with Crippen molar-refractivity contribution < 1.29 is 9.47 Å². The van der Waals surface area contributed by atoms with Gasteiger partial charge in [0, 0.05) is 16.1 Å². The summed E-state index contributed by atoms with van der Waals surface area (Å²) >= 11 is 10.4. The van der Waals surface area contributed by atoms with Gasteiger partial charge in [0.15, 0.2) is 0 Å². The molecule has 112 valence electrons. The number of halogens is 3. The maximum atomic E-state index is 6.02.